The molecule has 180 valence electrons. The lowest BCUT2D eigenvalue weighted by Crippen LogP contribution is -2.63. The minimum absolute atomic E-state index is 0.0245. The summed E-state index contributed by atoms with van der Waals surface area (Å²) in [5.74, 6) is 1.59. The van der Waals surface area contributed by atoms with E-state index >= 15 is 0 Å². The Morgan fingerprint density at radius 2 is 1.83 bits per heavy atom. The number of fused-ring (bicyclic) bond motifs is 4. The van der Waals surface area contributed by atoms with Crippen molar-refractivity contribution in [2.24, 2.45) is 0 Å². The molecule has 3 heterocycles. The fraction of sp³-hybridized carbons (Fsp3) is 0.286. The number of hydrogen-bond donors (Lipinski definition) is 1. The second-order valence-electron chi connectivity index (χ2n) is 9.35. The maximum absolute atomic E-state index is 6.89. The highest BCUT2D eigenvalue weighted by Crippen LogP contribution is 2.52. The number of hydrazine groups is 1. The topological polar surface area (TPSA) is 37.0 Å². The number of likely N-dealkylation sites (tertiary alicyclic amines) is 1. The van der Waals surface area contributed by atoms with Crippen molar-refractivity contribution < 1.29 is 9.47 Å². The number of methoxy groups -OCH3 is 1. The van der Waals surface area contributed by atoms with Crippen molar-refractivity contribution >= 4 is 33.2 Å². The molecule has 3 aromatic carbocycles. The Morgan fingerprint density at radius 1 is 1.09 bits per heavy atom. The summed E-state index contributed by atoms with van der Waals surface area (Å²) < 4.78 is 13.6. The van der Waals surface area contributed by atoms with Crippen LogP contribution in [0.1, 0.15) is 35.6 Å². The van der Waals surface area contributed by atoms with Crippen molar-refractivity contribution in [3.05, 3.63) is 99.0 Å². The Kier molecular flexibility index (Phi) is 6.01. The molecule has 0 amide bonds. The van der Waals surface area contributed by atoms with Crippen LogP contribution >= 0.6 is 27.5 Å². The highest BCUT2D eigenvalue weighted by Gasteiger charge is 2.52. The van der Waals surface area contributed by atoms with E-state index in [0.29, 0.717) is 0 Å². The SMILES string of the molecule is COc1cc(Br)cc2c1OC1(CCN(Cc3ccccc3)CC1)N1NC(c3ccc(Cl)cc3)=CC21. The zero-order valence-corrected chi connectivity index (χ0v) is 21.8. The van der Waals surface area contributed by atoms with E-state index in [1.54, 1.807) is 7.11 Å². The Bertz CT molecular complexity index is 1260. The van der Waals surface area contributed by atoms with E-state index in [0.717, 1.165) is 70.3 Å². The Balaban J connectivity index is 1.34. The van der Waals surface area contributed by atoms with Crippen LogP contribution in [0.25, 0.3) is 5.70 Å². The molecule has 6 rings (SSSR count). The Hall–Kier alpha value is -2.51. The third-order valence-corrected chi connectivity index (χ3v) is 7.91. The Morgan fingerprint density at radius 3 is 2.54 bits per heavy atom. The number of ether oxygens (including phenoxy) is 2. The van der Waals surface area contributed by atoms with Crippen molar-refractivity contribution in [1.29, 1.82) is 0 Å². The minimum Gasteiger partial charge on any atom is -0.493 e. The summed E-state index contributed by atoms with van der Waals surface area (Å²) in [6, 6.07) is 22.8. The summed E-state index contributed by atoms with van der Waals surface area (Å²) in [4.78, 5) is 2.51. The van der Waals surface area contributed by atoms with Crippen LogP contribution in [0.2, 0.25) is 5.02 Å². The van der Waals surface area contributed by atoms with Crippen LogP contribution < -0.4 is 14.9 Å². The zero-order chi connectivity index (χ0) is 24.0. The van der Waals surface area contributed by atoms with E-state index in [-0.39, 0.29) is 6.04 Å². The maximum Gasteiger partial charge on any atom is 0.183 e. The zero-order valence-electron chi connectivity index (χ0n) is 19.5. The van der Waals surface area contributed by atoms with Crippen molar-refractivity contribution in [2.75, 3.05) is 20.2 Å². The molecule has 0 saturated carbocycles. The first-order valence-corrected chi connectivity index (χ1v) is 13.1. The van der Waals surface area contributed by atoms with Crippen molar-refractivity contribution in [3.8, 4) is 11.5 Å². The average molecular weight is 553 g/mol. The quantitative estimate of drug-likeness (QED) is 0.405. The van der Waals surface area contributed by atoms with Gasteiger partial charge in [0.25, 0.3) is 0 Å². The lowest BCUT2D eigenvalue weighted by molar-refractivity contribution is -0.161. The van der Waals surface area contributed by atoms with Gasteiger partial charge in [-0.15, -0.1) is 0 Å². The van der Waals surface area contributed by atoms with Crippen LogP contribution in [0.4, 0.5) is 0 Å². The maximum atomic E-state index is 6.89. The van der Waals surface area contributed by atoms with Crippen LogP contribution in [-0.2, 0) is 6.54 Å². The third kappa shape index (κ3) is 4.23. The van der Waals surface area contributed by atoms with Gasteiger partial charge in [-0.3, -0.25) is 4.90 Å². The van der Waals surface area contributed by atoms with Gasteiger partial charge < -0.3 is 14.9 Å². The fourth-order valence-electron chi connectivity index (χ4n) is 5.40. The molecule has 1 unspecified atom stereocenters. The normalized spacial score (nSPS) is 21.0. The summed E-state index contributed by atoms with van der Waals surface area (Å²) in [6.45, 7) is 2.85. The number of rotatable bonds is 4. The summed E-state index contributed by atoms with van der Waals surface area (Å²) in [6.07, 6.45) is 4.04. The van der Waals surface area contributed by atoms with Gasteiger partial charge in [0.05, 0.1) is 18.8 Å². The summed E-state index contributed by atoms with van der Waals surface area (Å²) >= 11 is 9.81. The molecule has 35 heavy (non-hydrogen) atoms. The average Bonchev–Trinajstić information content (AvgIpc) is 3.34. The number of piperidine rings is 1. The number of hydrogen-bond acceptors (Lipinski definition) is 5. The molecule has 1 spiro atoms. The van der Waals surface area contributed by atoms with Gasteiger partial charge in [-0.05, 0) is 41.5 Å². The Labute approximate surface area is 219 Å². The van der Waals surface area contributed by atoms with Gasteiger partial charge in [0.15, 0.2) is 17.2 Å². The van der Waals surface area contributed by atoms with Crippen LogP contribution in [0.3, 0.4) is 0 Å². The molecule has 1 atom stereocenters. The van der Waals surface area contributed by atoms with Gasteiger partial charge in [-0.25, -0.2) is 0 Å². The van der Waals surface area contributed by atoms with E-state index < -0.39 is 5.72 Å². The predicted molar refractivity (Wildman–Crippen MR) is 142 cm³/mol. The van der Waals surface area contributed by atoms with Gasteiger partial charge in [-0.1, -0.05) is 70.0 Å². The lowest BCUT2D eigenvalue weighted by Gasteiger charge is -2.52. The second kappa shape index (κ2) is 9.17. The van der Waals surface area contributed by atoms with E-state index in [2.05, 4.69) is 85.9 Å². The van der Waals surface area contributed by atoms with E-state index in [1.165, 1.54) is 5.56 Å². The first-order valence-electron chi connectivity index (χ1n) is 11.9. The van der Waals surface area contributed by atoms with Crippen molar-refractivity contribution in [1.82, 2.24) is 15.3 Å². The third-order valence-electron chi connectivity index (χ3n) is 7.20. The molecule has 3 aliphatic heterocycles. The number of halogens is 2. The molecule has 0 bridgehead atoms. The van der Waals surface area contributed by atoms with Crippen LogP contribution in [0, 0.1) is 0 Å². The van der Waals surface area contributed by atoms with Gasteiger partial charge >= 0.3 is 0 Å². The molecule has 0 aliphatic carbocycles. The molecule has 1 fully saturated rings. The number of nitrogens with one attached hydrogen (secondary N) is 1. The van der Waals surface area contributed by atoms with Crippen LogP contribution in [-0.4, -0.2) is 35.8 Å². The monoisotopic (exact) mass is 551 g/mol. The highest BCUT2D eigenvalue weighted by atomic mass is 79.9. The van der Waals surface area contributed by atoms with Crippen molar-refractivity contribution in [3.63, 3.8) is 0 Å². The van der Waals surface area contributed by atoms with Crippen LogP contribution in [0.15, 0.2) is 77.3 Å². The van der Waals surface area contributed by atoms with Gasteiger partial charge in [-0.2, -0.15) is 5.01 Å². The molecule has 7 heteroatoms. The lowest BCUT2D eigenvalue weighted by atomic mass is 9.92. The number of nitrogens with zero attached hydrogens (tertiary/aromatic N) is 2. The summed E-state index contributed by atoms with van der Waals surface area (Å²) in [5, 5.41) is 3.04. The molecule has 0 aromatic heterocycles. The predicted octanol–water partition coefficient (Wildman–Crippen LogP) is 6.40. The largest absolute Gasteiger partial charge is 0.493 e. The van der Waals surface area contributed by atoms with E-state index in [9.17, 15) is 0 Å². The van der Waals surface area contributed by atoms with E-state index in [1.807, 2.05) is 18.2 Å². The second-order valence-corrected chi connectivity index (χ2v) is 10.7. The summed E-state index contributed by atoms with van der Waals surface area (Å²) in [7, 11) is 1.70. The highest BCUT2D eigenvalue weighted by molar-refractivity contribution is 9.10. The molecule has 3 aromatic rings. The van der Waals surface area contributed by atoms with Crippen LogP contribution in [0.5, 0.6) is 11.5 Å². The molecule has 5 nitrogen and oxygen atoms in total. The minimum atomic E-state index is -0.476. The first kappa shape index (κ1) is 22.9. The molecule has 1 N–H and O–H groups in total. The molecule has 0 radical (unpaired) electrons. The summed E-state index contributed by atoms with van der Waals surface area (Å²) in [5.41, 5.74) is 7.82. The molecular formula is C28H27BrClN3O2. The van der Waals surface area contributed by atoms with Crippen molar-refractivity contribution in [2.45, 2.75) is 31.2 Å². The molecule has 3 aliphatic rings. The van der Waals surface area contributed by atoms with Gasteiger partial charge in [0, 0.05) is 47.5 Å². The number of benzene rings is 3. The molecular weight excluding hydrogens is 526 g/mol. The van der Waals surface area contributed by atoms with E-state index in [4.69, 9.17) is 21.1 Å². The smallest absolute Gasteiger partial charge is 0.183 e. The first-order chi connectivity index (χ1) is 17.0. The van der Waals surface area contributed by atoms with Gasteiger partial charge in [0.1, 0.15) is 0 Å². The van der Waals surface area contributed by atoms with Gasteiger partial charge in [0.2, 0.25) is 0 Å². The fourth-order valence-corrected chi connectivity index (χ4v) is 5.98. The standard InChI is InChI=1S/C28H27BrClN3O2/c1-34-26-16-21(29)15-23-25-17-24(20-7-9-22(30)10-8-20)31-33(25)28(35-27(23)26)11-13-32(14-12-28)18-19-5-3-2-4-6-19/h2-10,15-17,25,31H,11-14,18H2,1H3. The molecule has 1 saturated heterocycles.